The number of hydrogen-bond acceptors (Lipinski definition) is 4. The molecule has 11 heteroatoms. The molecule has 0 aliphatic heterocycles. The van der Waals surface area contributed by atoms with Crippen LogP contribution in [0.3, 0.4) is 0 Å². The van der Waals surface area contributed by atoms with E-state index < -0.39 is 23.6 Å². The van der Waals surface area contributed by atoms with Gasteiger partial charge in [0.2, 0.25) is 0 Å². The highest BCUT2D eigenvalue weighted by Crippen LogP contribution is 2.31. The Morgan fingerprint density at radius 2 is 1.59 bits per heavy atom. The van der Waals surface area contributed by atoms with Crippen LogP contribution in [0.5, 0.6) is 5.75 Å². The van der Waals surface area contributed by atoms with E-state index in [1.165, 1.54) is 24.3 Å². The highest BCUT2D eigenvalue weighted by atomic mass is 79.9. The number of ether oxygens (including phenoxy) is 1. The Labute approximate surface area is 225 Å². The van der Waals surface area contributed by atoms with E-state index in [-0.39, 0.29) is 16.4 Å². The fraction of sp³-hybridized carbons (Fsp3) is 0.192. The van der Waals surface area contributed by atoms with E-state index in [1.54, 1.807) is 30.3 Å². The smallest absolute Gasteiger partial charge is 0.416 e. The SMILES string of the molecule is CCCCOc1ccc(C(=O)NC(=S)Nc2cccc(C(=O)Nc3cccc(C(F)(F)F)c3)c2)cc1Br. The van der Waals surface area contributed by atoms with Crippen LogP contribution in [0.15, 0.2) is 71.2 Å². The maximum absolute atomic E-state index is 12.9. The van der Waals surface area contributed by atoms with Crippen LogP contribution in [0.2, 0.25) is 0 Å². The molecule has 0 atom stereocenters. The van der Waals surface area contributed by atoms with E-state index in [2.05, 4.69) is 38.8 Å². The van der Waals surface area contributed by atoms with Crippen LogP contribution in [-0.2, 0) is 6.18 Å². The highest BCUT2D eigenvalue weighted by Gasteiger charge is 2.30. The lowest BCUT2D eigenvalue weighted by Gasteiger charge is -2.13. The van der Waals surface area contributed by atoms with Crippen molar-refractivity contribution in [2.24, 2.45) is 0 Å². The molecule has 194 valence electrons. The zero-order chi connectivity index (χ0) is 27.0. The molecule has 0 saturated heterocycles. The number of thiocarbonyl (C=S) groups is 1. The molecule has 0 aliphatic carbocycles. The van der Waals surface area contributed by atoms with Crippen molar-refractivity contribution in [3.63, 3.8) is 0 Å². The molecule has 2 amide bonds. The van der Waals surface area contributed by atoms with Gasteiger partial charge < -0.3 is 15.4 Å². The first kappa shape index (κ1) is 28.1. The van der Waals surface area contributed by atoms with Gasteiger partial charge in [0.15, 0.2) is 5.11 Å². The number of carbonyl (C=O) groups is 2. The molecule has 0 aromatic heterocycles. The molecule has 6 nitrogen and oxygen atoms in total. The van der Waals surface area contributed by atoms with Gasteiger partial charge in [-0.1, -0.05) is 25.5 Å². The summed E-state index contributed by atoms with van der Waals surface area (Å²) in [5.41, 5.74) is 0.0801. The van der Waals surface area contributed by atoms with E-state index in [0.29, 0.717) is 28.1 Å². The lowest BCUT2D eigenvalue weighted by molar-refractivity contribution is -0.137. The van der Waals surface area contributed by atoms with Gasteiger partial charge in [0.1, 0.15) is 5.75 Å². The molecule has 3 rings (SSSR count). The molecule has 3 N–H and O–H groups in total. The average Bonchev–Trinajstić information content (AvgIpc) is 2.84. The first-order valence-corrected chi connectivity index (χ1v) is 12.4. The third-order valence-electron chi connectivity index (χ3n) is 5.01. The summed E-state index contributed by atoms with van der Waals surface area (Å²) in [7, 11) is 0. The molecule has 0 spiro atoms. The summed E-state index contributed by atoms with van der Waals surface area (Å²) in [6, 6.07) is 15.4. The maximum atomic E-state index is 12.9. The Balaban J connectivity index is 1.60. The zero-order valence-electron chi connectivity index (χ0n) is 19.6. The lowest BCUT2D eigenvalue weighted by atomic mass is 10.1. The minimum absolute atomic E-state index is 0.000156. The number of amides is 2. The third-order valence-corrected chi connectivity index (χ3v) is 5.83. The fourth-order valence-electron chi connectivity index (χ4n) is 3.14. The Hall–Kier alpha value is -3.44. The molecular weight excluding hydrogens is 571 g/mol. The zero-order valence-corrected chi connectivity index (χ0v) is 22.0. The molecule has 0 aliphatic rings. The van der Waals surface area contributed by atoms with Crippen LogP contribution in [0.25, 0.3) is 0 Å². The first-order valence-electron chi connectivity index (χ1n) is 11.2. The molecule has 37 heavy (non-hydrogen) atoms. The van der Waals surface area contributed by atoms with Crippen molar-refractivity contribution in [3.05, 3.63) is 87.9 Å². The predicted octanol–water partition coefficient (Wildman–Crippen LogP) is 7.03. The normalized spacial score (nSPS) is 10.9. The van der Waals surface area contributed by atoms with Crippen LogP contribution in [0.1, 0.15) is 46.0 Å². The Morgan fingerprint density at radius 3 is 2.27 bits per heavy atom. The molecular formula is C26H23BrF3N3O3S. The topological polar surface area (TPSA) is 79.5 Å². The number of alkyl halides is 3. The van der Waals surface area contributed by atoms with Crippen molar-refractivity contribution in [3.8, 4) is 5.75 Å². The minimum Gasteiger partial charge on any atom is -0.492 e. The van der Waals surface area contributed by atoms with Gasteiger partial charge in [-0.3, -0.25) is 14.9 Å². The Morgan fingerprint density at radius 1 is 0.919 bits per heavy atom. The third kappa shape index (κ3) is 8.29. The van der Waals surface area contributed by atoms with Gasteiger partial charge in [0, 0.05) is 22.5 Å². The Kier molecular flexibility index (Phi) is 9.65. The van der Waals surface area contributed by atoms with Gasteiger partial charge >= 0.3 is 6.18 Å². The summed E-state index contributed by atoms with van der Waals surface area (Å²) in [5.74, 6) is -0.424. The van der Waals surface area contributed by atoms with Gasteiger partial charge in [-0.15, -0.1) is 0 Å². The summed E-state index contributed by atoms with van der Waals surface area (Å²) in [4.78, 5) is 25.2. The van der Waals surface area contributed by atoms with Crippen molar-refractivity contribution in [2.75, 3.05) is 17.2 Å². The first-order chi connectivity index (χ1) is 17.6. The summed E-state index contributed by atoms with van der Waals surface area (Å²) >= 11 is 8.62. The largest absolute Gasteiger partial charge is 0.492 e. The molecule has 3 aromatic rings. The molecule has 0 fully saturated rings. The van der Waals surface area contributed by atoms with Crippen molar-refractivity contribution in [2.45, 2.75) is 25.9 Å². The van der Waals surface area contributed by atoms with Crippen LogP contribution in [-0.4, -0.2) is 23.5 Å². The second-order valence-corrected chi connectivity index (χ2v) is 9.13. The van der Waals surface area contributed by atoms with Gasteiger partial charge in [-0.05, 0) is 89.2 Å². The number of unbranched alkanes of at least 4 members (excludes halogenated alkanes) is 1. The molecule has 0 bridgehead atoms. The number of nitrogens with one attached hydrogen (secondary N) is 3. The average molecular weight is 594 g/mol. The monoisotopic (exact) mass is 593 g/mol. The number of hydrogen-bond donors (Lipinski definition) is 3. The number of anilines is 2. The summed E-state index contributed by atoms with van der Waals surface area (Å²) in [6.07, 6.45) is -2.60. The number of benzene rings is 3. The van der Waals surface area contributed by atoms with Crippen molar-refractivity contribution in [1.82, 2.24) is 5.32 Å². The molecule has 0 heterocycles. The van der Waals surface area contributed by atoms with Gasteiger partial charge in [-0.2, -0.15) is 13.2 Å². The van der Waals surface area contributed by atoms with E-state index >= 15 is 0 Å². The van der Waals surface area contributed by atoms with Crippen LogP contribution < -0.4 is 20.7 Å². The number of carbonyl (C=O) groups excluding carboxylic acids is 2. The highest BCUT2D eigenvalue weighted by molar-refractivity contribution is 9.10. The van der Waals surface area contributed by atoms with Crippen LogP contribution >= 0.6 is 28.1 Å². The van der Waals surface area contributed by atoms with Crippen LogP contribution in [0, 0.1) is 0 Å². The number of rotatable bonds is 8. The second-order valence-electron chi connectivity index (χ2n) is 7.87. The lowest BCUT2D eigenvalue weighted by Crippen LogP contribution is -2.34. The Bertz CT molecular complexity index is 1300. The summed E-state index contributed by atoms with van der Waals surface area (Å²) < 4.78 is 45.1. The van der Waals surface area contributed by atoms with Crippen LogP contribution in [0.4, 0.5) is 24.5 Å². The fourth-order valence-corrected chi connectivity index (χ4v) is 3.84. The van der Waals surface area contributed by atoms with Gasteiger partial charge in [0.25, 0.3) is 11.8 Å². The van der Waals surface area contributed by atoms with Crippen molar-refractivity contribution >= 4 is 56.4 Å². The van der Waals surface area contributed by atoms with E-state index in [1.807, 2.05) is 0 Å². The molecule has 0 saturated carbocycles. The molecule has 3 aromatic carbocycles. The van der Waals surface area contributed by atoms with E-state index in [9.17, 15) is 22.8 Å². The standard InChI is InChI=1S/C26H23BrF3N3O3S/c1-2-3-12-36-22-11-10-17(14-21(22)27)24(35)33-25(37)32-19-8-4-6-16(13-19)23(34)31-20-9-5-7-18(15-20)26(28,29)30/h4-11,13-15H,2-3,12H2,1H3,(H,31,34)(H2,32,33,35,37). The summed E-state index contributed by atoms with van der Waals surface area (Å²) in [5, 5.41) is 7.84. The quantitative estimate of drug-likeness (QED) is 0.193. The second kappa shape index (κ2) is 12.7. The van der Waals surface area contributed by atoms with E-state index in [0.717, 1.165) is 25.0 Å². The van der Waals surface area contributed by atoms with Crippen molar-refractivity contribution < 1.29 is 27.5 Å². The minimum atomic E-state index is -4.52. The summed E-state index contributed by atoms with van der Waals surface area (Å²) in [6.45, 7) is 2.64. The van der Waals surface area contributed by atoms with E-state index in [4.69, 9.17) is 17.0 Å². The predicted molar refractivity (Wildman–Crippen MR) is 144 cm³/mol. The van der Waals surface area contributed by atoms with Crippen molar-refractivity contribution in [1.29, 1.82) is 0 Å². The molecule has 0 radical (unpaired) electrons. The number of halogens is 4. The van der Waals surface area contributed by atoms with Gasteiger partial charge in [0.05, 0.1) is 16.6 Å². The van der Waals surface area contributed by atoms with Gasteiger partial charge in [-0.25, -0.2) is 0 Å². The molecule has 0 unspecified atom stereocenters. The maximum Gasteiger partial charge on any atom is 0.416 e.